The van der Waals surface area contributed by atoms with Crippen LogP contribution in [0.25, 0.3) is 0 Å². The highest BCUT2D eigenvalue weighted by Crippen LogP contribution is 2.00. The molecule has 0 unspecified atom stereocenters. The van der Waals surface area contributed by atoms with Crippen LogP contribution >= 0.6 is 0 Å². The Bertz CT molecular complexity index is 538. The summed E-state index contributed by atoms with van der Waals surface area (Å²) in [5.74, 6) is 0.652. The molecule has 0 atom stereocenters. The number of rotatable bonds is 7. The molecule has 6 nitrogen and oxygen atoms in total. The second kappa shape index (κ2) is 7.28. The number of aryl methyl sites for hydroxylation is 1. The highest BCUT2D eigenvalue weighted by atomic mass is 16.1. The van der Waals surface area contributed by atoms with E-state index >= 15 is 0 Å². The van der Waals surface area contributed by atoms with Gasteiger partial charge in [0.25, 0.3) is 0 Å². The number of aromatic nitrogens is 3. The van der Waals surface area contributed by atoms with Crippen LogP contribution in [-0.2, 0) is 18.4 Å². The van der Waals surface area contributed by atoms with E-state index < -0.39 is 0 Å². The smallest absolute Gasteiger partial charge is 0.222 e. The molecule has 0 saturated heterocycles. The Morgan fingerprint density at radius 1 is 1.30 bits per heavy atom. The summed E-state index contributed by atoms with van der Waals surface area (Å²) in [5, 5.41) is 5.98. The van der Waals surface area contributed by atoms with E-state index in [1.54, 1.807) is 18.5 Å². The van der Waals surface area contributed by atoms with Crippen molar-refractivity contribution in [2.24, 2.45) is 7.05 Å². The Morgan fingerprint density at radius 2 is 2.10 bits per heavy atom. The van der Waals surface area contributed by atoms with Crippen molar-refractivity contribution in [3.8, 4) is 0 Å². The number of amides is 1. The van der Waals surface area contributed by atoms with Gasteiger partial charge in [0.05, 0.1) is 6.54 Å². The fraction of sp³-hybridized carbons (Fsp3) is 0.357. The molecule has 0 aliphatic carbocycles. The second-order valence-corrected chi connectivity index (χ2v) is 4.49. The Hall–Kier alpha value is -2.37. The lowest BCUT2D eigenvalue weighted by Crippen LogP contribution is -2.24. The van der Waals surface area contributed by atoms with Crippen molar-refractivity contribution in [3.05, 3.63) is 42.5 Å². The molecule has 0 aliphatic rings. The third-order valence-electron chi connectivity index (χ3n) is 2.95. The second-order valence-electron chi connectivity index (χ2n) is 4.49. The molecule has 2 aromatic heterocycles. The van der Waals surface area contributed by atoms with Crippen LogP contribution < -0.4 is 10.6 Å². The van der Waals surface area contributed by atoms with Gasteiger partial charge < -0.3 is 15.2 Å². The highest BCUT2D eigenvalue weighted by Gasteiger charge is 2.03. The average Bonchev–Trinajstić information content (AvgIpc) is 2.88. The van der Waals surface area contributed by atoms with Gasteiger partial charge in [0, 0.05) is 44.3 Å². The van der Waals surface area contributed by atoms with E-state index in [0.717, 1.165) is 12.1 Å². The maximum Gasteiger partial charge on any atom is 0.222 e. The summed E-state index contributed by atoms with van der Waals surface area (Å²) in [6.45, 7) is 1.25. The van der Waals surface area contributed by atoms with Crippen molar-refractivity contribution in [2.75, 3.05) is 11.9 Å². The van der Waals surface area contributed by atoms with Crippen LogP contribution in [-0.4, -0.2) is 27.0 Å². The summed E-state index contributed by atoms with van der Waals surface area (Å²) in [6, 6.07) is 5.72. The molecule has 0 fully saturated rings. The zero-order chi connectivity index (χ0) is 14.2. The van der Waals surface area contributed by atoms with Crippen LogP contribution in [0.15, 0.2) is 36.8 Å². The first kappa shape index (κ1) is 14.0. The van der Waals surface area contributed by atoms with Crippen molar-refractivity contribution in [1.29, 1.82) is 0 Å². The Balaban J connectivity index is 1.60. The van der Waals surface area contributed by atoms with Gasteiger partial charge in [-0.2, -0.15) is 0 Å². The highest BCUT2D eigenvalue weighted by molar-refractivity contribution is 5.75. The van der Waals surface area contributed by atoms with E-state index in [-0.39, 0.29) is 5.91 Å². The number of anilines is 1. The van der Waals surface area contributed by atoms with Crippen LogP contribution in [0.5, 0.6) is 0 Å². The minimum Gasteiger partial charge on any atom is -0.354 e. The number of hydrogen-bond acceptors (Lipinski definition) is 4. The van der Waals surface area contributed by atoms with Crippen LogP contribution in [0, 0.1) is 0 Å². The van der Waals surface area contributed by atoms with Gasteiger partial charge in [-0.25, -0.2) is 9.97 Å². The molecule has 0 spiro atoms. The third kappa shape index (κ3) is 4.38. The maximum atomic E-state index is 11.7. The van der Waals surface area contributed by atoms with Crippen LogP contribution in [0.1, 0.15) is 18.5 Å². The first-order valence-corrected chi connectivity index (χ1v) is 6.63. The van der Waals surface area contributed by atoms with Gasteiger partial charge in [-0.1, -0.05) is 0 Å². The lowest BCUT2D eigenvalue weighted by Gasteiger charge is -2.07. The van der Waals surface area contributed by atoms with Crippen molar-refractivity contribution in [3.63, 3.8) is 0 Å². The molecule has 6 heteroatoms. The fourth-order valence-electron chi connectivity index (χ4n) is 1.80. The summed E-state index contributed by atoms with van der Waals surface area (Å²) < 4.78 is 1.99. The van der Waals surface area contributed by atoms with E-state index in [4.69, 9.17) is 0 Å². The van der Waals surface area contributed by atoms with E-state index in [1.165, 1.54) is 0 Å². The summed E-state index contributed by atoms with van der Waals surface area (Å²) in [7, 11) is 1.96. The largest absolute Gasteiger partial charge is 0.354 e. The molecule has 0 aliphatic heterocycles. The lowest BCUT2D eigenvalue weighted by molar-refractivity contribution is -0.121. The predicted molar refractivity (Wildman–Crippen MR) is 77.0 cm³/mol. The predicted octanol–water partition coefficient (Wildman–Crippen LogP) is 1.32. The number of nitrogens with one attached hydrogen (secondary N) is 2. The maximum absolute atomic E-state index is 11.7. The summed E-state index contributed by atoms with van der Waals surface area (Å²) in [6.07, 6.45) is 6.57. The topological polar surface area (TPSA) is 71.8 Å². The van der Waals surface area contributed by atoms with Gasteiger partial charge in [-0.15, -0.1) is 0 Å². The van der Waals surface area contributed by atoms with Gasteiger partial charge in [-0.05, 0) is 24.6 Å². The quantitative estimate of drug-likeness (QED) is 0.746. The number of hydrogen-bond donors (Lipinski definition) is 2. The van der Waals surface area contributed by atoms with E-state index in [2.05, 4.69) is 20.6 Å². The Morgan fingerprint density at radius 3 is 2.80 bits per heavy atom. The molecule has 0 aromatic carbocycles. The molecular formula is C14H19N5O. The third-order valence-corrected chi connectivity index (χ3v) is 2.95. The Kier molecular flexibility index (Phi) is 5.11. The number of nitrogens with zero attached hydrogens (tertiary/aromatic N) is 3. The molecular weight excluding hydrogens is 254 g/mol. The zero-order valence-electron chi connectivity index (χ0n) is 11.5. The standard InChI is InChI=1S/C14H19N5O/c1-19-10-3-5-12(19)11-18-13(20)6-2-7-15-14-16-8-4-9-17-14/h3-5,8-10H,2,6-7,11H2,1H3,(H,18,20)(H,15,16,17). The van der Waals surface area contributed by atoms with E-state index in [0.29, 0.717) is 25.5 Å². The fourth-order valence-corrected chi connectivity index (χ4v) is 1.80. The molecule has 20 heavy (non-hydrogen) atoms. The van der Waals surface area contributed by atoms with Crippen LogP contribution in [0.3, 0.4) is 0 Å². The van der Waals surface area contributed by atoms with Gasteiger partial charge in [0.1, 0.15) is 0 Å². The van der Waals surface area contributed by atoms with E-state index in [9.17, 15) is 4.79 Å². The van der Waals surface area contributed by atoms with Crippen molar-refractivity contribution < 1.29 is 4.79 Å². The molecule has 1 amide bonds. The lowest BCUT2D eigenvalue weighted by atomic mass is 10.3. The molecule has 0 radical (unpaired) electrons. The van der Waals surface area contributed by atoms with Gasteiger partial charge in [0.2, 0.25) is 11.9 Å². The molecule has 2 rings (SSSR count). The Labute approximate surface area is 118 Å². The molecule has 0 bridgehead atoms. The monoisotopic (exact) mass is 273 g/mol. The molecule has 2 N–H and O–H groups in total. The molecule has 106 valence electrons. The zero-order valence-corrected chi connectivity index (χ0v) is 11.5. The van der Waals surface area contributed by atoms with Gasteiger partial charge >= 0.3 is 0 Å². The molecule has 0 saturated carbocycles. The molecule has 2 aromatic rings. The van der Waals surface area contributed by atoms with Crippen molar-refractivity contribution in [1.82, 2.24) is 19.9 Å². The molecule has 2 heterocycles. The van der Waals surface area contributed by atoms with E-state index in [1.807, 2.05) is 29.9 Å². The first-order chi connectivity index (χ1) is 9.75. The van der Waals surface area contributed by atoms with Gasteiger partial charge in [-0.3, -0.25) is 4.79 Å². The summed E-state index contributed by atoms with van der Waals surface area (Å²) in [5.41, 5.74) is 1.09. The minimum atomic E-state index is 0.0574. The van der Waals surface area contributed by atoms with Crippen LogP contribution in [0.2, 0.25) is 0 Å². The summed E-state index contributed by atoms with van der Waals surface area (Å²) in [4.78, 5) is 19.8. The minimum absolute atomic E-state index is 0.0574. The number of carbonyl (C=O) groups is 1. The van der Waals surface area contributed by atoms with Crippen LogP contribution in [0.4, 0.5) is 5.95 Å². The van der Waals surface area contributed by atoms with Crippen molar-refractivity contribution in [2.45, 2.75) is 19.4 Å². The average molecular weight is 273 g/mol. The SMILES string of the molecule is Cn1cccc1CNC(=O)CCCNc1ncccn1. The normalized spacial score (nSPS) is 10.2. The van der Waals surface area contributed by atoms with Crippen molar-refractivity contribution >= 4 is 11.9 Å². The first-order valence-electron chi connectivity index (χ1n) is 6.63. The van der Waals surface area contributed by atoms with Gasteiger partial charge in [0.15, 0.2) is 0 Å². The summed E-state index contributed by atoms with van der Waals surface area (Å²) >= 11 is 0. The number of carbonyl (C=O) groups excluding carboxylic acids is 1.